The number of hydrogen-bond donors (Lipinski definition) is 2. The molecule has 0 aromatic heterocycles. The molecule has 0 unspecified atom stereocenters. The quantitative estimate of drug-likeness (QED) is 0.694. The first-order valence-electron chi connectivity index (χ1n) is 7.04. The van der Waals surface area contributed by atoms with E-state index in [2.05, 4.69) is 0 Å². The van der Waals surface area contributed by atoms with Crippen molar-refractivity contribution in [2.24, 2.45) is 0 Å². The molecule has 0 saturated heterocycles. The highest BCUT2D eigenvalue weighted by Gasteiger charge is 3.02. The Kier molecular flexibility index (Phi) is 3.54. The van der Waals surface area contributed by atoms with E-state index in [1.54, 1.807) is 0 Å². The van der Waals surface area contributed by atoms with Gasteiger partial charge in [-0.15, -0.1) is 0 Å². The first-order chi connectivity index (χ1) is 12.2. The Morgan fingerprint density at radius 2 is 0.643 bits per heavy atom. The van der Waals surface area contributed by atoms with Crippen molar-refractivity contribution < 1.29 is 62.9 Å². The van der Waals surface area contributed by atoms with Crippen LogP contribution in [0.25, 0.3) is 0 Å². The molecule has 14 heteroatoms. The van der Waals surface area contributed by atoms with Crippen LogP contribution in [0.4, 0.5) is 52.7 Å². The second kappa shape index (κ2) is 4.71. The van der Waals surface area contributed by atoms with Gasteiger partial charge in [-0.25, -0.2) is 0 Å². The van der Waals surface area contributed by atoms with Crippen LogP contribution in [0.5, 0.6) is 0 Å². The average Bonchev–Trinajstić information content (AvgIpc) is 2.58. The van der Waals surface area contributed by atoms with Crippen LogP contribution in [0.2, 0.25) is 0 Å². The number of hydrogen-bond acceptors (Lipinski definition) is 2. The molecule has 2 saturated carbocycles. The molecule has 0 radical (unpaired) electrons. The summed E-state index contributed by atoms with van der Waals surface area (Å²) >= 11 is 0. The Hall–Kier alpha value is -1.70. The Labute approximate surface area is 146 Å². The molecule has 2 fully saturated rings. The average molecular weight is 434 g/mol. The van der Waals surface area contributed by atoms with Crippen molar-refractivity contribution in [2.45, 2.75) is 46.7 Å². The first-order valence-corrected chi connectivity index (χ1v) is 7.04. The van der Waals surface area contributed by atoms with Crippen molar-refractivity contribution in [3.05, 3.63) is 35.4 Å². The zero-order chi connectivity index (χ0) is 22.0. The van der Waals surface area contributed by atoms with Crippen molar-refractivity contribution in [1.82, 2.24) is 0 Å². The number of halogens is 12. The van der Waals surface area contributed by atoms with Crippen molar-refractivity contribution in [1.29, 1.82) is 0 Å². The molecule has 0 amide bonds. The molecule has 2 N–H and O–H groups in total. The topological polar surface area (TPSA) is 40.5 Å². The van der Waals surface area contributed by atoms with Gasteiger partial charge in [0, 0.05) is 11.1 Å². The molecule has 1 aromatic carbocycles. The van der Waals surface area contributed by atoms with Gasteiger partial charge >= 0.3 is 35.5 Å². The highest BCUT2D eigenvalue weighted by Crippen LogP contribution is 2.75. The van der Waals surface area contributed by atoms with Crippen molar-refractivity contribution in [2.75, 3.05) is 0 Å². The van der Waals surface area contributed by atoms with Crippen LogP contribution in [0, 0.1) is 0 Å². The number of alkyl halides is 12. The first kappa shape index (κ1) is 21.0. The Bertz CT molecular complexity index is 741. The van der Waals surface area contributed by atoms with Crippen LogP contribution < -0.4 is 0 Å². The zero-order valence-corrected chi connectivity index (χ0v) is 12.7. The fourth-order valence-corrected chi connectivity index (χ4v) is 3.36. The second-order valence-corrected chi connectivity index (χ2v) is 6.41. The van der Waals surface area contributed by atoms with E-state index >= 15 is 0 Å². The van der Waals surface area contributed by atoms with Crippen molar-refractivity contribution in [3.63, 3.8) is 0 Å². The fourth-order valence-electron chi connectivity index (χ4n) is 3.36. The molecule has 158 valence electrons. The lowest BCUT2D eigenvalue weighted by Crippen LogP contribution is -2.86. The third-order valence-corrected chi connectivity index (χ3v) is 5.10. The van der Waals surface area contributed by atoms with Gasteiger partial charge in [-0.3, -0.25) is 0 Å². The van der Waals surface area contributed by atoms with Crippen molar-refractivity contribution in [3.8, 4) is 0 Å². The SMILES string of the molecule is OC1(c2ccccc2C2(O)C(F)(F)C(F)(F)C2(F)F)C(F)(F)C(F)(F)C1(F)F. The highest BCUT2D eigenvalue weighted by molar-refractivity contribution is 5.51. The van der Waals surface area contributed by atoms with E-state index in [9.17, 15) is 62.9 Å². The summed E-state index contributed by atoms with van der Waals surface area (Å²) in [6, 6.07) is 0.506. The van der Waals surface area contributed by atoms with Gasteiger partial charge in [0.25, 0.3) is 0 Å². The number of rotatable bonds is 2. The van der Waals surface area contributed by atoms with E-state index in [1.807, 2.05) is 0 Å². The molecule has 2 aliphatic carbocycles. The van der Waals surface area contributed by atoms with Crippen LogP contribution >= 0.6 is 0 Å². The predicted octanol–water partition coefficient (Wildman–Crippen LogP) is 3.90. The molecule has 0 aliphatic heterocycles. The standard InChI is InChI=1S/C14H6F12O2/c15-9(16)7(27,10(17,18)13(9,23)24)5-3-1-2-4-6(5)8(28)11(19,20)14(25,26)12(8,21)22/h1-4,27-28H. The van der Waals surface area contributed by atoms with E-state index in [0.717, 1.165) is 0 Å². The van der Waals surface area contributed by atoms with Gasteiger partial charge < -0.3 is 10.2 Å². The van der Waals surface area contributed by atoms with E-state index in [-0.39, 0.29) is 12.1 Å². The van der Waals surface area contributed by atoms with Gasteiger partial charge in [-0.05, 0) is 0 Å². The molecule has 2 nitrogen and oxygen atoms in total. The molecular weight excluding hydrogens is 428 g/mol. The summed E-state index contributed by atoms with van der Waals surface area (Å²) in [5.41, 5.74) is -15.5. The summed E-state index contributed by atoms with van der Waals surface area (Å²) in [6.45, 7) is 0. The van der Waals surface area contributed by atoms with Gasteiger partial charge in [0.15, 0.2) is 0 Å². The van der Waals surface area contributed by atoms with Gasteiger partial charge in [0.2, 0.25) is 11.2 Å². The van der Waals surface area contributed by atoms with Gasteiger partial charge in [-0.2, -0.15) is 52.7 Å². The Balaban J connectivity index is 2.32. The third-order valence-electron chi connectivity index (χ3n) is 5.10. The monoisotopic (exact) mass is 434 g/mol. The molecule has 28 heavy (non-hydrogen) atoms. The van der Waals surface area contributed by atoms with Crippen LogP contribution in [0.1, 0.15) is 11.1 Å². The maximum Gasteiger partial charge on any atom is 0.379 e. The molecule has 3 rings (SSSR count). The molecule has 0 bridgehead atoms. The van der Waals surface area contributed by atoms with Gasteiger partial charge in [-0.1, -0.05) is 24.3 Å². The highest BCUT2D eigenvalue weighted by atomic mass is 19.4. The molecule has 0 atom stereocenters. The second-order valence-electron chi connectivity index (χ2n) is 6.41. The summed E-state index contributed by atoms with van der Waals surface area (Å²) in [5.74, 6) is -36.8. The Morgan fingerprint density at radius 3 is 0.857 bits per heavy atom. The maximum absolute atomic E-state index is 13.7. The van der Waals surface area contributed by atoms with E-state index in [0.29, 0.717) is 12.1 Å². The summed E-state index contributed by atoms with van der Waals surface area (Å²) in [4.78, 5) is 0. The minimum Gasteiger partial charge on any atom is -0.374 e. The normalized spacial score (nSPS) is 31.4. The maximum atomic E-state index is 13.7. The Morgan fingerprint density at radius 1 is 0.429 bits per heavy atom. The number of aliphatic hydroxyl groups is 2. The van der Waals surface area contributed by atoms with Crippen LogP contribution in [0.3, 0.4) is 0 Å². The minimum absolute atomic E-state index is 0.160. The minimum atomic E-state index is -6.24. The van der Waals surface area contributed by atoms with E-state index in [4.69, 9.17) is 0 Å². The fraction of sp³-hybridized carbons (Fsp3) is 0.571. The molecule has 2 aliphatic rings. The lowest BCUT2D eigenvalue weighted by atomic mass is 9.58. The van der Waals surface area contributed by atoms with Crippen molar-refractivity contribution >= 4 is 0 Å². The molecule has 1 aromatic rings. The smallest absolute Gasteiger partial charge is 0.374 e. The van der Waals surface area contributed by atoms with Crippen LogP contribution in [-0.4, -0.2) is 45.7 Å². The largest absolute Gasteiger partial charge is 0.379 e. The van der Waals surface area contributed by atoms with Gasteiger partial charge in [0.05, 0.1) is 0 Å². The number of benzene rings is 1. The van der Waals surface area contributed by atoms with Crippen LogP contribution in [-0.2, 0) is 11.2 Å². The van der Waals surface area contributed by atoms with Crippen LogP contribution in [0.15, 0.2) is 24.3 Å². The summed E-state index contributed by atoms with van der Waals surface area (Å²) < 4.78 is 162. The zero-order valence-electron chi connectivity index (χ0n) is 12.7. The third kappa shape index (κ3) is 1.52. The van der Waals surface area contributed by atoms with E-state index < -0.39 is 57.9 Å². The lowest BCUT2D eigenvalue weighted by Gasteiger charge is -2.59. The predicted molar refractivity (Wildman–Crippen MR) is 63.9 cm³/mol. The van der Waals surface area contributed by atoms with Gasteiger partial charge in [0.1, 0.15) is 0 Å². The summed E-state index contributed by atoms with van der Waals surface area (Å²) in [6.07, 6.45) is 0. The summed E-state index contributed by atoms with van der Waals surface area (Å²) in [5, 5.41) is 19.3. The lowest BCUT2D eigenvalue weighted by molar-refractivity contribution is -0.506. The molecular formula is C14H6F12O2. The van der Waals surface area contributed by atoms with E-state index in [1.165, 1.54) is 0 Å². The molecule has 0 heterocycles. The summed E-state index contributed by atoms with van der Waals surface area (Å²) in [7, 11) is 0. The molecule has 0 spiro atoms.